The molecular formula is C16H23BrN2OS. The van der Waals surface area contributed by atoms with Crippen molar-refractivity contribution in [3.63, 3.8) is 0 Å². The molecule has 1 aliphatic heterocycles. The molecule has 1 aromatic carbocycles. The molecular weight excluding hydrogens is 348 g/mol. The van der Waals surface area contributed by atoms with E-state index in [1.165, 1.54) is 11.1 Å². The van der Waals surface area contributed by atoms with Crippen LogP contribution in [0.4, 0.5) is 0 Å². The van der Waals surface area contributed by atoms with Crippen molar-refractivity contribution in [3.05, 3.63) is 27.7 Å². The van der Waals surface area contributed by atoms with E-state index < -0.39 is 0 Å². The van der Waals surface area contributed by atoms with Crippen molar-refractivity contribution in [2.45, 2.75) is 33.2 Å². The van der Waals surface area contributed by atoms with E-state index in [2.05, 4.69) is 46.8 Å². The zero-order chi connectivity index (χ0) is 15.4. The van der Waals surface area contributed by atoms with E-state index >= 15 is 0 Å². The molecule has 2 N–H and O–H groups in total. The van der Waals surface area contributed by atoms with Crippen LogP contribution in [0.5, 0.6) is 5.75 Å². The van der Waals surface area contributed by atoms with E-state index in [9.17, 15) is 0 Å². The predicted octanol–water partition coefficient (Wildman–Crippen LogP) is 3.52. The molecule has 0 aromatic heterocycles. The van der Waals surface area contributed by atoms with Crippen LogP contribution in [0.25, 0.3) is 0 Å². The summed E-state index contributed by atoms with van der Waals surface area (Å²) in [5, 5.41) is 0. The number of rotatable bonds is 7. The van der Waals surface area contributed by atoms with Crippen molar-refractivity contribution in [1.82, 2.24) is 4.90 Å². The first-order chi connectivity index (χ1) is 9.95. The first-order valence-electron chi connectivity index (χ1n) is 7.40. The molecule has 0 saturated heterocycles. The SMILES string of the molecule is CC(C)CN(CCC(N)=S)Cc1cc(Br)cc2c1OCC2. The fourth-order valence-electron chi connectivity index (χ4n) is 2.72. The highest BCUT2D eigenvalue weighted by Gasteiger charge is 2.19. The maximum absolute atomic E-state index is 5.82. The second-order valence-corrected chi connectivity index (χ2v) is 7.44. The van der Waals surface area contributed by atoms with Crippen molar-refractivity contribution in [1.29, 1.82) is 0 Å². The summed E-state index contributed by atoms with van der Waals surface area (Å²) in [5.41, 5.74) is 8.21. The summed E-state index contributed by atoms with van der Waals surface area (Å²) in [6, 6.07) is 4.33. The highest BCUT2D eigenvalue weighted by Crippen LogP contribution is 2.33. The smallest absolute Gasteiger partial charge is 0.127 e. The third-order valence-electron chi connectivity index (χ3n) is 3.52. The number of halogens is 1. The van der Waals surface area contributed by atoms with Crippen LogP contribution in [0.15, 0.2) is 16.6 Å². The predicted molar refractivity (Wildman–Crippen MR) is 94.9 cm³/mol. The Morgan fingerprint density at radius 3 is 2.90 bits per heavy atom. The molecule has 0 saturated carbocycles. The highest BCUT2D eigenvalue weighted by atomic mass is 79.9. The second-order valence-electron chi connectivity index (χ2n) is 6.00. The van der Waals surface area contributed by atoms with E-state index in [4.69, 9.17) is 22.7 Å². The second kappa shape index (κ2) is 7.56. The van der Waals surface area contributed by atoms with Crippen molar-refractivity contribution in [2.75, 3.05) is 19.7 Å². The largest absolute Gasteiger partial charge is 0.493 e. The minimum atomic E-state index is 0.583. The third-order valence-corrected chi connectivity index (χ3v) is 4.18. The molecule has 1 aromatic rings. The third kappa shape index (κ3) is 4.94. The number of fused-ring (bicyclic) bond motifs is 1. The molecule has 1 aliphatic rings. The maximum Gasteiger partial charge on any atom is 0.127 e. The normalized spacial score (nSPS) is 13.6. The van der Waals surface area contributed by atoms with Crippen molar-refractivity contribution in [2.24, 2.45) is 11.7 Å². The van der Waals surface area contributed by atoms with Gasteiger partial charge in [-0.1, -0.05) is 42.0 Å². The van der Waals surface area contributed by atoms with Crippen LogP contribution in [0.3, 0.4) is 0 Å². The van der Waals surface area contributed by atoms with E-state index in [0.29, 0.717) is 10.9 Å². The molecule has 5 heteroatoms. The lowest BCUT2D eigenvalue weighted by Gasteiger charge is -2.25. The van der Waals surface area contributed by atoms with Gasteiger partial charge in [-0.25, -0.2) is 0 Å². The Labute approximate surface area is 141 Å². The molecule has 0 bridgehead atoms. The molecule has 0 atom stereocenters. The molecule has 0 amide bonds. The molecule has 0 spiro atoms. The van der Waals surface area contributed by atoms with Gasteiger partial charge in [0.05, 0.1) is 11.6 Å². The van der Waals surface area contributed by atoms with Crippen LogP contribution in [0.1, 0.15) is 31.4 Å². The Morgan fingerprint density at radius 1 is 1.48 bits per heavy atom. The number of benzene rings is 1. The Bertz CT molecular complexity index is 519. The van der Waals surface area contributed by atoms with Crippen LogP contribution >= 0.6 is 28.1 Å². The van der Waals surface area contributed by atoms with E-state index in [0.717, 1.165) is 49.3 Å². The number of thiocarbonyl (C=S) groups is 1. The monoisotopic (exact) mass is 370 g/mol. The maximum atomic E-state index is 5.82. The van der Waals surface area contributed by atoms with Gasteiger partial charge in [0.2, 0.25) is 0 Å². The Hall–Kier alpha value is -0.650. The fourth-order valence-corrected chi connectivity index (χ4v) is 3.37. The van der Waals surface area contributed by atoms with Crippen molar-refractivity contribution in [3.8, 4) is 5.75 Å². The summed E-state index contributed by atoms with van der Waals surface area (Å²) in [7, 11) is 0. The van der Waals surface area contributed by atoms with Gasteiger partial charge in [0.15, 0.2) is 0 Å². The summed E-state index contributed by atoms with van der Waals surface area (Å²) >= 11 is 8.62. The summed E-state index contributed by atoms with van der Waals surface area (Å²) in [6.07, 6.45) is 1.76. The van der Waals surface area contributed by atoms with Gasteiger partial charge >= 0.3 is 0 Å². The zero-order valence-electron chi connectivity index (χ0n) is 12.7. The summed E-state index contributed by atoms with van der Waals surface area (Å²) < 4.78 is 6.94. The van der Waals surface area contributed by atoms with Crippen molar-refractivity contribution < 1.29 is 4.74 Å². The fraction of sp³-hybridized carbons (Fsp3) is 0.562. The Balaban J connectivity index is 2.14. The average Bonchev–Trinajstić information content (AvgIpc) is 2.83. The minimum absolute atomic E-state index is 0.583. The van der Waals surface area contributed by atoms with Crippen molar-refractivity contribution >= 4 is 33.1 Å². The van der Waals surface area contributed by atoms with E-state index in [1.807, 2.05) is 0 Å². The molecule has 1 heterocycles. The topological polar surface area (TPSA) is 38.5 Å². The standard InChI is InChI=1S/C16H23BrN2OS/c1-11(2)9-19(5-3-15(18)21)10-13-8-14(17)7-12-4-6-20-16(12)13/h7-8,11H,3-6,9-10H2,1-2H3,(H2,18,21). The summed E-state index contributed by atoms with van der Waals surface area (Å²) in [4.78, 5) is 2.99. The molecule has 0 unspecified atom stereocenters. The van der Waals surface area contributed by atoms with Crippen LogP contribution < -0.4 is 10.5 Å². The zero-order valence-corrected chi connectivity index (χ0v) is 15.1. The van der Waals surface area contributed by atoms with Gasteiger partial charge in [-0.15, -0.1) is 0 Å². The molecule has 2 rings (SSSR count). The van der Waals surface area contributed by atoms with Gasteiger partial charge in [0.25, 0.3) is 0 Å². The molecule has 3 nitrogen and oxygen atoms in total. The number of hydrogen-bond donors (Lipinski definition) is 1. The van der Waals surface area contributed by atoms with Gasteiger partial charge < -0.3 is 10.5 Å². The number of hydrogen-bond acceptors (Lipinski definition) is 3. The quantitative estimate of drug-likeness (QED) is 0.745. The first kappa shape index (κ1) is 16.7. The molecule has 0 aliphatic carbocycles. The summed E-state index contributed by atoms with van der Waals surface area (Å²) in [6.45, 7) is 8.06. The summed E-state index contributed by atoms with van der Waals surface area (Å²) in [5.74, 6) is 1.68. The number of nitrogens with zero attached hydrogens (tertiary/aromatic N) is 1. The average molecular weight is 371 g/mol. The van der Waals surface area contributed by atoms with E-state index in [-0.39, 0.29) is 0 Å². The van der Waals surface area contributed by atoms with Crippen LogP contribution in [-0.4, -0.2) is 29.6 Å². The first-order valence-corrected chi connectivity index (χ1v) is 8.60. The lowest BCUT2D eigenvalue weighted by molar-refractivity contribution is 0.238. The van der Waals surface area contributed by atoms with Gasteiger partial charge in [-0.2, -0.15) is 0 Å². The lowest BCUT2D eigenvalue weighted by atomic mass is 10.1. The molecule has 0 fully saturated rings. The minimum Gasteiger partial charge on any atom is -0.493 e. The van der Waals surface area contributed by atoms with Gasteiger partial charge in [0, 0.05) is 42.5 Å². The molecule has 0 radical (unpaired) electrons. The van der Waals surface area contributed by atoms with Crippen LogP contribution in [0, 0.1) is 5.92 Å². The van der Waals surface area contributed by atoms with Gasteiger partial charge in [-0.05, 0) is 23.6 Å². The Morgan fingerprint density at radius 2 is 2.24 bits per heavy atom. The van der Waals surface area contributed by atoms with Crippen LogP contribution in [-0.2, 0) is 13.0 Å². The number of nitrogens with two attached hydrogens (primary N) is 1. The lowest BCUT2D eigenvalue weighted by Crippen LogP contribution is -2.30. The molecule has 21 heavy (non-hydrogen) atoms. The Kier molecular flexibility index (Phi) is 6.02. The van der Waals surface area contributed by atoms with Gasteiger partial charge in [-0.3, -0.25) is 4.90 Å². The van der Waals surface area contributed by atoms with Gasteiger partial charge in [0.1, 0.15) is 5.75 Å². The molecule has 116 valence electrons. The highest BCUT2D eigenvalue weighted by molar-refractivity contribution is 9.10. The van der Waals surface area contributed by atoms with Crippen LogP contribution in [0.2, 0.25) is 0 Å². The van der Waals surface area contributed by atoms with E-state index in [1.54, 1.807) is 0 Å². The number of ether oxygens (including phenoxy) is 1.